The average Bonchev–Trinajstić information content (AvgIpc) is 3.08. The van der Waals surface area contributed by atoms with Crippen LogP contribution in [0.4, 0.5) is 5.82 Å². The van der Waals surface area contributed by atoms with Crippen molar-refractivity contribution in [2.24, 2.45) is 0 Å². The van der Waals surface area contributed by atoms with Crippen molar-refractivity contribution >= 4 is 11.6 Å². The molecule has 1 aliphatic carbocycles. The Balaban J connectivity index is 1.62. The highest BCUT2D eigenvalue weighted by Crippen LogP contribution is 2.34. The van der Waals surface area contributed by atoms with Crippen molar-refractivity contribution in [3.05, 3.63) is 17.6 Å². The Hall–Kier alpha value is -1.69. The van der Waals surface area contributed by atoms with Crippen molar-refractivity contribution in [3.63, 3.8) is 0 Å². The molecule has 2 atom stereocenters. The predicted molar refractivity (Wildman–Crippen MR) is 81.5 cm³/mol. The molecule has 112 valence electrons. The van der Waals surface area contributed by atoms with Crippen LogP contribution in [0.2, 0.25) is 0 Å². The highest BCUT2D eigenvalue weighted by molar-refractivity contribution is 5.52. The summed E-state index contributed by atoms with van der Waals surface area (Å²) in [6.07, 6.45) is 5.50. The molecule has 0 aromatic carbocycles. The molecule has 0 spiro atoms. The van der Waals surface area contributed by atoms with Gasteiger partial charge in [0.2, 0.25) is 0 Å². The Morgan fingerprint density at radius 3 is 2.86 bits per heavy atom. The van der Waals surface area contributed by atoms with Gasteiger partial charge in [0, 0.05) is 35.9 Å². The third kappa shape index (κ3) is 2.18. The monoisotopic (exact) mass is 286 g/mol. The summed E-state index contributed by atoms with van der Waals surface area (Å²) in [5.74, 6) is 1.72. The highest BCUT2D eigenvalue weighted by atomic mass is 15.4. The second kappa shape index (κ2) is 4.66. The van der Waals surface area contributed by atoms with E-state index in [1.165, 1.54) is 19.3 Å². The molecule has 6 heteroatoms. The van der Waals surface area contributed by atoms with Gasteiger partial charge in [-0.15, -0.1) is 0 Å². The Bertz CT molecular complexity index is 674. The number of hydrogen-bond acceptors (Lipinski definition) is 5. The van der Waals surface area contributed by atoms with E-state index in [4.69, 9.17) is 0 Å². The molecule has 2 aliphatic rings. The van der Waals surface area contributed by atoms with Crippen LogP contribution >= 0.6 is 0 Å². The summed E-state index contributed by atoms with van der Waals surface area (Å²) < 4.78 is 1.83. The summed E-state index contributed by atoms with van der Waals surface area (Å²) >= 11 is 0. The molecule has 4 rings (SSSR count). The first-order chi connectivity index (χ1) is 10.1. The zero-order valence-corrected chi connectivity index (χ0v) is 12.9. The normalized spacial score (nSPS) is 26.6. The molecule has 1 N–H and O–H groups in total. The fraction of sp³-hybridized carbons (Fsp3) is 0.667. The molecule has 2 aromatic heterocycles. The topological polar surface area (TPSA) is 58.4 Å². The SMILES string of the molecule is Cc1nc2ncnn2c(NC2CC(C)N(C3CC3)C2)c1C. The van der Waals surface area contributed by atoms with Gasteiger partial charge in [-0.2, -0.15) is 14.6 Å². The molecular formula is C15H22N6. The van der Waals surface area contributed by atoms with E-state index in [9.17, 15) is 0 Å². The largest absolute Gasteiger partial charge is 0.366 e. The summed E-state index contributed by atoms with van der Waals surface area (Å²) in [6.45, 7) is 7.60. The van der Waals surface area contributed by atoms with Gasteiger partial charge in [-0.1, -0.05) is 0 Å². The van der Waals surface area contributed by atoms with Crippen LogP contribution in [0.1, 0.15) is 37.4 Å². The lowest BCUT2D eigenvalue weighted by molar-refractivity contribution is 0.257. The van der Waals surface area contributed by atoms with Crippen molar-refractivity contribution in [2.45, 2.75) is 58.2 Å². The molecule has 1 saturated carbocycles. The molecule has 2 fully saturated rings. The Morgan fingerprint density at radius 1 is 1.29 bits per heavy atom. The van der Waals surface area contributed by atoms with E-state index in [1.807, 2.05) is 11.4 Å². The van der Waals surface area contributed by atoms with Gasteiger partial charge in [-0.25, -0.2) is 4.98 Å². The van der Waals surface area contributed by atoms with Crippen molar-refractivity contribution in [2.75, 3.05) is 11.9 Å². The maximum absolute atomic E-state index is 4.48. The number of anilines is 1. The van der Waals surface area contributed by atoms with Gasteiger partial charge < -0.3 is 5.32 Å². The van der Waals surface area contributed by atoms with Gasteiger partial charge >= 0.3 is 0 Å². The number of nitrogens with one attached hydrogen (secondary N) is 1. The van der Waals surface area contributed by atoms with Gasteiger partial charge in [-0.3, -0.25) is 4.90 Å². The van der Waals surface area contributed by atoms with Gasteiger partial charge in [0.1, 0.15) is 12.1 Å². The molecule has 21 heavy (non-hydrogen) atoms. The molecule has 6 nitrogen and oxygen atoms in total. The minimum atomic E-state index is 0.480. The summed E-state index contributed by atoms with van der Waals surface area (Å²) in [5.41, 5.74) is 2.17. The number of fused-ring (bicyclic) bond motifs is 1. The third-order valence-electron chi connectivity index (χ3n) is 4.89. The van der Waals surface area contributed by atoms with E-state index in [0.717, 1.165) is 29.7 Å². The maximum Gasteiger partial charge on any atom is 0.254 e. The van der Waals surface area contributed by atoms with E-state index in [1.54, 1.807) is 6.33 Å². The van der Waals surface area contributed by atoms with E-state index in [2.05, 4.69) is 39.1 Å². The standard InChI is InChI=1S/C15H22N6/c1-9-6-12(7-20(9)13-4-5-13)19-14-10(2)11(3)18-15-16-8-17-21(14)15/h8-9,12-13,19H,4-7H2,1-3H3. The number of hydrogen-bond donors (Lipinski definition) is 1. The van der Waals surface area contributed by atoms with Crippen LogP contribution in [0.15, 0.2) is 6.33 Å². The Morgan fingerprint density at radius 2 is 2.10 bits per heavy atom. The number of aromatic nitrogens is 4. The van der Waals surface area contributed by atoms with E-state index < -0.39 is 0 Å². The minimum absolute atomic E-state index is 0.480. The summed E-state index contributed by atoms with van der Waals surface area (Å²) in [6, 6.07) is 1.98. The Kier molecular flexibility index (Phi) is 2.89. The molecule has 0 bridgehead atoms. The average molecular weight is 286 g/mol. The van der Waals surface area contributed by atoms with Crippen molar-refractivity contribution in [1.29, 1.82) is 0 Å². The lowest BCUT2D eigenvalue weighted by Gasteiger charge is -2.20. The van der Waals surface area contributed by atoms with Crippen molar-refractivity contribution in [1.82, 2.24) is 24.5 Å². The van der Waals surface area contributed by atoms with Crippen molar-refractivity contribution < 1.29 is 0 Å². The van der Waals surface area contributed by atoms with Gasteiger partial charge in [0.25, 0.3) is 5.78 Å². The highest BCUT2D eigenvalue weighted by Gasteiger charge is 2.39. The van der Waals surface area contributed by atoms with E-state index >= 15 is 0 Å². The number of likely N-dealkylation sites (tertiary alicyclic amines) is 1. The quantitative estimate of drug-likeness (QED) is 0.932. The lowest BCUT2D eigenvalue weighted by atomic mass is 10.1. The summed E-state index contributed by atoms with van der Waals surface area (Å²) in [7, 11) is 0. The minimum Gasteiger partial charge on any atom is -0.366 e. The predicted octanol–water partition coefficient (Wildman–Crippen LogP) is 1.78. The third-order valence-corrected chi connectivity index (χ3v) is 4.89. The van der Waals surface area contributed by atoms with Crippen molar-refractivity contribution in [3.8, 4) is 0 Å². The number of nitrogens with zero attached hydrogens (tertiary/aromatic N) is 5. The van der Waals surface area contributed by atoms with Gasteiger partial charge in [-0.05, 0) is 40.0 Å². The van der Waals surface area contributed by atoms with E-state index in [0.29, 0.717) is 17.9 Å². The van der Waals surface area contributed by atoms with Gasteiger partial charge in [0.15, 0.2) is 0 Å². The van der Waals surface area contributed by atoms with Crippen LogP contribution < -0.4 is 5.32 Å². The van der Waals surface area contributed by atoms with Gasteiger partial charge in [0.05, 0.1) is 0 Å². The van der Waals surface area contributed by atoms with Crippen LogP contribution in [0.25, 0.3) is 5.78 Å². The molecule has 0 amide bonds. The summed E-state index contributed by atoms with van der Waals surface area (Å²) in [5, 5.41) is 8.02. The zero-order chi connectivity index (χ0) is 14.6. The smallest absolute Gasteiger partial charge is 0.254 e. The molecule has 1 aliphatic heterocycles. The summed E-state index contributed by atoms with van der Waals surface area (Å²) in [4.78, 5) is 11.3. The maximum atomic E-state index is 4.48. The number of aryl methyl sites for hydroxylation is 1. The molecular weight excluding hydrogens is 264 g/mol. The second-order valence-electron chi connectivity index (χ2n) is 6.50. The molecule has 3 heterocycles. The Labute approximate surface area is 124 Å². The van der Waals surface area contributed by atoms with Crippen LogP contribution in [0, 0.1) is 13.8 Å². The fourth-order valence-electron chi connectivity index (χ4n) is 3.47. The first-order valence-corrected chi connectivity index (χ1v) is 7.82. The first kappa shape index (κ1) is 13.0. The molecule has 0 radical (unpaired) electrons. The second-order valence-corrected chi connectivity index (χ2v) is 6.50. The van der Waals surface area contributed by atoms with Crippen LogP contribution in [-0.4, -0.2) is 49.2 Å². The number of rotatable bonds is 3. The van der Waals surface area contributed by atoms with Crippen LogP contribution in [-0.2, 0) is 0 Å². The van der Waals surface area contributed by atoms with Crippen LogP contribution in [0.3, 0.4) is 0 Å². The zero-order valence-electron chi connectivity index (χ0n) is 12.9. The van der Waals surface area contributed by atoms with Crippen LogP contribution in [0.5, 0.6) is 0 Å². The van der Waals surface area contributed by atoms with E-state index in [-0.39, 0.29) is 0 Å². The molecule has 2 aromatic rings. The first-order valence-electron chi connectivity index (χ1n) is 7.82. The molecule has 1 saturated heterocycles. The lowest BCUT2D eigenvalue weighted by Crippen LogP contribution is -2.31. The fourth-order valence-corrected chi connectivity index (χ4v) is 3.47. The molecule has 2 unspecified atom stereocenters.